The van der Waals surface area contributed by atoms with E-state index in [2.05, 4.69) is 15.4 Å². The molecule has 3 aromatic rings. The molecule has 25 heavy (non-hydrogen) atoms. The summed E-state index contributed by atoms with van der Waals surface area (Å²) in [7, 11) is 0. The molecule has 0 unspecified atom stereocenters. The van der Waals surface area contributed by atoms with Crippen molar-refractivity contribution in [2.75, 3.05) is 5.84 Å². The average molecular weight is 355 g/mol. The number of nitrogens with zero attached hydrogens (tertiary/aromatic N) is 4. The summed E-state index contributed by atoms with van der Waals surface area (Å²) in [5.74, 6) is 8.99. The summed E-state index contributed by atoms with van der Waals surface area (Å²) in [6.07, 6.45) is 6.13. The first-order valence-corrected chi connectivity index (χ1v) is 9.64. The van der Waals surface area contributed by atoms with Crippen molar-refractivity contribution in [3.8, 4) is 11.3 Å². The van der Waals surface area contributed by atoms with E-state index in [1.165, 1.54) is 31.0 Å². The summed E-state index contributed by atoms with van der Waals surface area (Å²) in [5, 5.41) is 13.5. The molecule has 0 radical (unpaired) electrons. The van der Waals surface area contributed by atoms with Crippen molar-refractivity contribution < 1.29 is 4.52 Å². The first kappa shape index (κ1) is 16.2. The molecule has 0 aliphatic heterocycles. The summed E-state index contributed by atoms with van der Waals surface area (Å²) in [4.78, 5) is 0. The molecule has 0 saturated heterocycles. The van der Waals surface area contributed by atoms with Crippen LogP contribution in [0, 0.1) is 0 Å². The summed E-state index contributed by atoms with van der Waals surface area (Å²) in [6, 6.07) is 11.9. The standard InChI is InChI=1S/C18H21N5OS/c19-23-17(14-9-5-2-6-10-14)20-21-18(23)25-12-15-11-16(24-22-15)13-7-3-1-4-8-13/h1,3-4,7-8,11,14H,2,5-6,9-10,12,19H2. The second-order valence-electron chi connectivity index (χ2n) is 6.38. The van der Waals surface area contributed by atoms with Crippen LogP contribution in [-0.4, -0.2) is 20.0 Å². The fraction of sp³-hybridized carbons (Fsp3) is 0.389. The maximum Gasteiger partial charge on any atom is 0.210 e. The highest BCUT2D eigenvalue weighted by atomic mass is 32.2. The molecule has 2 heterocycles. The minimum atomic E-state index is 0.442. The SMILES string of the molecule is Nn1c(SCc2cc(-c3ccccc3)on2)nnc1C1CCCCC1. The molecule has 2 N–H and O–H groups in total. The highest BCUT2D eigenvalue weighted by Gasteiger charge is 2.22. The number of thioether (sulfide) groups is 1. The molecule has 1 saturated carbocycles. The number of nitrogens with two attached hydrogens (primary N) is 1. The molecule has 0 bridgehead atoms. The van der Waals surface area contributed by atoms with Crippen LogP contribution in [0.4, 0.5) is 0 Å². The molecule has 0 amide bonds. The molecule has 1 fully saturated rings. The van der Waals surface area contributed by atoms with Crippen LogP contribution in [0.1, 0.15) is 49.5 Å². The van der Waals surface area contributed by atoms with Crippen molar-refractivity contribution in [1.82, 2.24) is 20.0 Å². The van der Waals surface area contributed by atoms with Crippen LogP contribution in [-0.2, 0) is 5.75 Å². The van der Waals surface area contributed by atoms with E-state index >= 15 is 0 Å². The van der Waals surface area contributed by atoms with Gasteiger partial charge in [0, 0.05) is 23.3 Å². The van der Waals surface area contributed by atoms with Crippen LogP contribution in [0.15, 0.2) is 46.1 Å². The number of aromatic nitrogens is 4. The Morgan fingerprint density at radius 1 is 1.12 bits per heavy atom. The van der Waals surface area contributed by atoms with Gasteiger partial charge in [-0.3, -0.25) is 0 Å². The number of rotatable bonds is 5. The van der Waals surface area contributed by atoms with Crippen molar-refractivity contribution >= 4 is 11.8 Å². The lowest BCUT2D eigenvalue weighted by Crippen LogP contribution is -2.18. The highest BCUT2D eigenvalue weighted by Crippen LogP contribution is 2.32. The van der Waals surface area contributed by atoms with Gasteiger partial charge in [0.05, 0.1) is 5.69 Å². The molecule has 1 aromatic carbocycles. The maximum atomic E-state index is 6.22. The second kappa shape index (κ2) is 7.31. The third kappa shape index (κ3) is 3.56. The zero-order chi connectivity index (χ0) is 17.1. The Kier molecular flexibility index (Phi) is 4.74. The Balaban J connectivity index is 1.42. The van der Waals surface area contributed by atoms with Crippen LogP contribution >= 0.6 is 11.8 Å². The predicted molar refractivity (Wildman–Crippen MR) is 97.5 cm³/mol. The van der Waals surface area contributed by atoms with E-state index < -0.39 is 0 Å². The molecule has 4 rings (SSSR count). The second-order valence-corrected chi connectivity index (χ2v) is 7.33. The Bertz CT molecular complexity index is 823. The zero-order valence-corrected chi connectivity index (χ0v) is 14.8. The van der Waals surface area contributed by atoms with E-state index in [9.17, 15) is 0 Å². The molecule has 0 atom stereocenters. The Morgan fingerprint density at radius 2 is 1.92 bits per heavy atom. The summed E-state index contributed by atoms with van der Waals surface area (Å²) >= 11 is 1.54. The van der Waals surface area contributed by atoms with Crippen LogP contribution in [0.5, 0.6) is 0 Å². The van der Waals surface area contributed by atoms with E-state index in [0.717, 1.165) is 40.8 Å². The van der Waals surface area contributed by atoms with Gasteiger partial charge >= 0.3 is 0 Å². The number of benzene rings is 1. The molecule has 2 aromatic heterocycles. The predicted octanol–water partition coefficient (Wildman–Crippen LogP) is 3.99. The molecule has 1 aliphatic carbocycles. The van der Waals surface area contributed by atoms with Gasteiger partial charge in [0.15, 0.2) is 11.6 Å². The van der Waals surface area contributed by atoms with Gasteiger partial charge < -0.3 is 10.4 Å². The number of nitrogen functional groups attached to an aromatic ring is 1. The Hall–Kier alpha value is -2.28. The maximum absolute atomic E-state index is 6.22. The van der Waals surface area contributed by atoms with Crippen LogP contribution in [0.2, 0.25) is 0 Å². The Morgan fingerprint density at radius 3 is 2.72 bits per heavy atom. The normalized spacial score (nSPS) is 15.5. The van der Waals surface area contributed by atoms with E-state index in [0.29, 0.717) is 11.7 Å². The van der Waals surface area contributed by atoms with Gasteiger partial charge in [0.25, 0.3) is 0 Å². The number of hydrogen-bond acceptors (Lipinski definition) is 6. The van der Waals surface area contributed by atoms with Crippen LogP contribution in [0.3, 0.4) is 0 Å². The Labute approximate surface area is 150 Å². The van der Waals surface area contributed by atoms with E-state index in [1.54, 1.807) is 4.68 Å². The first-order chi connectivity index (χ1) is 12.3. The van der Waals surface area contributed by atoms with Gasteiger partial charge in [-0.25, -0.2) is 4.68 Å². The van der Waals surface area contributed by atoms with Crippen molar-refractivity contribution in [2.45, 2.75) is 48.9 Å². The van der Waals surface area contributed by atoms with Gasteiger partial charge in [-0.1, -0.05) is 66.5 Å². The highest BCUT2D eigenvalue weighted by molar-refractivity contribution is 7.98. The van der Waals surface area contributed by atoms with Crippen LogP contribution in [0.25, 0.3) is 11.3 Å². The van der Waals surface area contributed by atoms with Crippen LogP contribution < -0.4 is 5.84 Å². The number of hydrogen-bond donors (Lipinski definition) is 1. The molecular formula is C18H21N5OS. The van der Waals surface area contributed by atoms with Gasteiger partial charge in [-0.15, -0.1) is 10.2 Å². The van der Waals surface area contributed by atoms with E-state index in [-0.39, 0.29) is 0 Å². The summed E-state index contributed by atoms with van der Waals surface area (Å²) < 4.78 is 7.08. The molecule has 0 spiro atoms. The van der Waals surface area contributed by atoms with Gasteiger partial charge in [-0.05, 0) is 12.8 Å². The smallest absolute Gasteiger partial charge is 0.210 e. The van der Waals surface area contributed by atoms with E-state index in [4.69, 9.17) is 10.4 Å². The lowest BCUT2D eigenvalue weighted by molar-refractivity contribution is 0.421. The van der Waals surface area contributed by atoms with Crippen molar-refractivity contribution in [2.24, 2.45) is 0 Å². The molecule has 130 valence electrons. The van der Waals surface area contributed by atoms with Gasteiger partial charge in [0.1, 0.15) is 0 Å². The average Bonchev–Trinajstić information content (AvgIpc) is 3.28. The first-order valence-electron chi connectivity index (χ1n) is 8.65. The molecule has 6 nitrogen and oxygen atoms in total. The van der Waals surface area contributed by atoms with Crippen molar-refractivity contribution in [3.63, 3.8) is 0 Å². The van der Waals surface area contributed by atoms with Gasteiger partial charge in [-0.2, -0.15) is 0 Å². The molecule has 7 heteroatoms. The summed E-state index contributed by atoms with van der Waals surface area (Å²) in [6.45, 7) is 0. The van der Waals surface area contributed by atoms with Crippen molar-refractivity contribution in [1.29, 1.82) is 0 Å². The fourth-order valence-electron chi connectivity index (χ4n) is 3.28. The van der Waals surface area contributed by atoms with E-state index in [1.807, 2.05) is 36.4 Å². The fourth-order valence-corrected chi connectivity index (χ4v) is 4.03. The largest absolute Gasteiger partial charge is 0.356 e. The third-order valence-electron chi connectivity index (χ3n) is 4.63. The quantitative estimate of drug-likeness (QED) is 0.550. The monoisotopic (exact) mass is 355 g/mol. The molecular weight excluding hydrogens is 334 g/mol. The topological polar surface area (TPSA) is 82.8 Å². The van der Waals surface area contributed by atoms with Gasteiger partial charge in [0.2, 0.25) is 5.16 Å². The van der Waals surface area contributed by atoms with Crippen molar-refractivity contribution in [3.05, 3.63) is 47.9 Å². The lowest BCUT2D eigenvalue weighted by atomic mass is 9.89. The third-order valence-corrected chi connectivity index (χ3v) is 5.60. The lowest BCUT2D eigenvalue weighted by Gasteiger charge is -2.20. The minimum Gasteiger partial charge on any atom is -0.356 e. The molecule has 1 aliphatic rings. The minimum absolute atomic E-state index is 0.442. The zero-order valence-electron chi connectivity index (χ0n) is 14.0. The summed E-state index contributed by atoms with van der Waals surface area (Å²) in [5.41, 5.74) is 1.89.